The van der Waals surface area contributed by atoms with Crippen LogP contribution in [0.1, 0.15) is 40.3 Å². The lowest BCUT2D eigenvalue weighted by molar-refractivity contribution is -0.385. The standard InChI is InChI=1S/C13H23N5O3/c1-7-14-11-15-8(2)9(18(20)21)10(16-11)17-12(3,4)13(5,6)19/h19H,7H2,1-6H3,(H2,14,15,16,17). The summed E-state index contributed by atoms with van der Waals surface area (Å²) in [6.45, 7) is 10.8. The number of rotatable bonds is 6. The van der Waals surface area contributed by atoms with Crippen molar-refractivity contribution in [2.24, 2.45) is 0 Å². The topological polar surface area (TPSA) is 113 Å². The maximum atomic E-state index is 11.2. The van der Waals surface area contributed by atoms with E-state index >= 15 is 0 Å². The number of hydrogen-bond donors (Lipinski definition) is 3. The summed E-state index contributed by atoms with van der Waals surface area (Å²) in [5.41, 5.74) is -1.84. The van der Waals surface area contributed by atoms with E-state index in [4.69, 9.17) is 0 Å². The van der Waals surface area contributed by atoms with Gasteiger partial charge in [0.25, 0.3) is 0 Å². The molecule has 0 radical (unpaired) electrons. The third-order valence-corrected chi connectivity index (χ3v) is 3.54. The first-order chi connectivity index (χ1) is 9.49. The van der Waals surface area contributed by atoms with Crippen LogP contribution in [0.5, 0.6) is 0 Å². The van der Waals surface area contributed by atoms with Gasteiger partial charge in [0.05, 0.1) is 16.1 Å². The van der Waals surface area contributed by atoms with Crippen LogP contribution in [0.2, 0.25) is 0 Å². The summed E-state index contributed by atoms with van der Waals surface area (Å²) < 4.78 is 0. The first kappa shape index (κ1) is 17.1. The fraction of sp³-hybridized carbons (Fsp3) is 0.692. The predicted octanol–water partition coefficient (Wildman–Crippen LogP) is 2.09. The zero-order chi connectivity index (χ0) is 16.4. The van der Waals surface area contributed by atoms with E-state index in [9.17, 15) is 15.2 Å². The summed E-state index contributed by atoms with van der Waals surface area (Å²) in [6, 6.07) is 0. The molecule has 1 rings (SSSR count). The molecular weight excluding hydrogens is 274 g/mol. The molecule has 1 aromatic rings. The van der Waals surface area contributed by atoms with Gasteiger partial charge in [-0.15, -0.1) is 0 Å². The Kier molecular flexibility index (Phi) is 4.72. The Hall–Kier alpha value is -1.96. The molecule has 1 aromatic heterocycles. The third kappa shape index (κ3) is 3.78. The number of aromatic nitrogens is 2. The molecule has 3 N–H and O–H groups in total. The third-order valence-electron chi connectivity index (χ3n) is 3.54. The molecule has 0 aromatic carbocycles. The molecule has 118 valence electrons. The largest absolute Gasteiger partial charge is 0.388 e. The Balaban J connectivity index is 3.35. The molecule has 0 fully saturated rings. The summed E-state index contributed by atoms with van der Waals surface area (Å²) >= 11 is 0. The Morgan fingerprint density at radius 1 is 1.29 bits per heavy atom. The van der Waals surface area contributed by atoms with Gasteiger partial charge in [-0.2, -0.15) is 4.98 Å². The minimum atomic E-state index is -1.10. The van der Waals surface area contributed by atoms with E-state index in [1.807, 2.05) is 6.92 Å². The summed E-state index contributed by atoms with van der Waals surface area (Å²) in [5.74, 6) is 0.408. The molecule has 0 atom stereocenters. The highest BCUT2D eigenvalue weighted by Gasteiger charge is 2.37. The molecule has 0 aliphatic heterocycles. The summed E-state index contributed by atoms with van der Waals surface area (Å²) in [7, 11) is 0. The lowest BCUT2D eigenvalue weighted by Crippen LogP contribution is -2.51. The second-order valence-electron chi connectivity index (χ2n) is 5.93. The molecule has 8 heteroatoms. The SMILES string of the molecule is CCNc1nc(C)c([N+](=O)[O-])c(NC(C)(C)C(C)(C)O)n1. The van der Waals surface area contributed by atoms with Crippen LogP contribution in [0.3, 0.4) is 0 Å². The molecule has 0 saturated heterocycles. The fourth-order valence-electron chi connectivity index (χ4n) is 1.56. The summed E-state index contributed by atoms with van der Waals surface area (Å²) in [5, 5.41) is 27.3. The molecule has 0 bridgehead atoms. The van der Waals surface area contributed by atoms with Crippen molar-refractivity contribution < 1.29 is 10.0 Å². The average molecular weight is 297 g/mol. The Bertz CT molecular complexity index is 537. The maximum absolute atomic E-state index is 11.2. The van der Waals surface area contributed by atoms with E-state index in [0.717, 1.165) is 0 Å². The van der Waals surface area contributed by atoms with Crippen molar-refractivity contribution in [3.8, 4) is 0 Å². The number of aryl methyl sites for hydroxylation is 1. The van der Waals surface area contributed by atoms with E-state index in [1.54, 1.807) is 34.6 Å². The molecule has 0 aliphatic rings. The molecule has 0 spiro atoms. The van der Waals surface area contributed by atoms with Crippen LogP contribution in [0.15, 0.2) is 0 Å². The highest BCUT2D eigenvalue weighted by molar-refractivity contribution is 5.62. The quantitative estimate of drug-likeness (QED) is 0.544. The Morgan fingerprint density at radius 3 is 2.29 bits per heavy atom. The van der Waals surface area contributed by atoms with Crippen molar-refractivity contribution >= 4 is 17.5 Å². The van der Waals surface area contributed by atoms with E-state index in [2.05, 4.69) is 20.6 Å². The van der Waals surface area contributed by atoms with Crippen LogP contribution in [-0.4, -0.2) is 37.7 Å². The van der Waals surface area contributed by atoms with Gasteiger partial charge in [-0.3, -0.25) is 10.1 Å². The first-order valence-corrected chi connectivity index (χ1v) is 6.77. The first-order valence-electron chi connectivity index (χ1n) is 6.77. The smallest absolute Gasteiger partial charge is 0.332 e. The number of nitrogens with zero attached hydrogens (tertiary/aromatic N) is 3. The molecule has 0 amide bonds. The molecule has 21 heavy (non-hydrogen) atoms. The van der Waals surface area contributed by atoms with Crippen LogP contribution < -0.4 is 10.6 Å². The highest BCUT2D eigenvalue weighted by atomic mass is 16.6. The van der Waals surface area contributed by atoms with Crippen molar-refractivity contribution in [3.63, 3.8) is 0 Å². The van der Waals surface area contributed by atoms with Gasteiger partial charge in [0.15, 0.2) is 0 Å². The van der Waals surface area contributed by atoms with Crippen molar-refractivity contribution in [1.29, 1.82) is 0 Å². The van der Waals surface area contributed by atoms with Crippen LogP contribution in [0.25, 0.3) is 0 Å². The van der Waals surface area contributed by atoms with Crippen molar-refractivity contribution in [1.82, 2.24) is 9.97 Å². The van der Waals surface area contributed by atoms with Gasteiger partial charge in [-0.1, -0.05) is 0 Å². The summed E-state index contributed by atoms with van der Waals surface area (Å²) in [6.07, 6.45) is 0. The highest BCUT2D eigenvalue weighted by Crippen LogP contribution is 2.32. The van der Waals surface area contributed by atoms with Crippen LogP contribution >= 0.6 is 0 Å². The van der Waals surface area contributed by atoms with E-state index < -0.39 is 16.1 Å². The van der Waals surface area contributed by atoms with Crippen LogP contribution in [0.4, 0.5) is 17.5 Å². The Morgan fingerprint density at radius 2 is 1.86 bits per heavy atom. The van der Waals surface area contributed by atoms with Gasteiger partial charge < -0.3 is 15.7 Å². The molecule has 0 aliphatic carbocycles. The van der Waals surface area contributed by atoms with Crippen molar-refractivity contribution in [2.45, 2.75) is 52.7 Å². The number of nitrogens with one attached hydrogen (secondary N) is 2. The molecule has 1 heterocycles. The van der Waals surface area contributed by atoms with Crippen molar-refractivity contribution in [2.75, 3.05) is 17.2 Å². The van der Waals surface area contributed by atoms with Gasteiger partial charge >= 0.3 is 5.69 Å². The van der Waals surface area contributed by atoms with E-state index in [0.29, 0.717) is 12.5 Å². The van der Waals surface area contributed by atoms with Gasteiger partial charge in [-0.25, -0.2) is 4.98 Å². The van der Waals surface area contributed by atoms with Gasteiger partial charge in [0.2, 0.25) is 11.8 Å². The predicted molar refractivity (Wildman–Crippen MR) is 81.6 cm³/mol. The lowest BCUT2D eigenvalue weighted by Gasteiger charge is -2.38. The minimum absolute atomic E-state index is 0.0931. The number of anilines is 2. The Labute approximate surface area is 124 Å². The van der Waals surface area contributed by atoms with E-state index in [1.165, 1.54) is 0 Å². The number of nitro groups is 1. The van der Waals surface area contributed by atoms with Gasteiger partial charge in [0, 0.05) is 6.54 Å². The second-order valence-corrected chi connectivity index (χ2v) is 5.93. The molecular formula is C13H23N5O3. The molecule has 0 saturated carbocycles. The zero-order valence-electron chi connectivity index (χ0n) is 13.3. The number of hydrogen-bond acceptors (Lipinski definition) is 7. The number of aliphatic hydroxyl groups is 1. The molecule has 8 nitrogen and oxygen atoms in total. The fourth-order valence-corrected chi connectivity index (χ4v) is 1.56. The van der Waals surface area contributed by atoms with Gasteiger partial charge in [0.1, 0.15) is 5.69 Å². The monoisotopic (exact) mass is 297 g/mol. The van der Waals surface area contributed by atoms with E-state index in [-0.39, 0.29) is 17.2 Å². The zero-order valence-corrected chi connectivity index (χ0v) is 13.3. The van der Waals surface area contributed by atoms with Crippen LogP contribution in [0, 0.1) is 17.0 Å². The summed E-state index contributed by atoms with van der Waals surface area (Å²) in [4.78, 5) is 19.0. The average Bonchev–Trinajstić information content (AvgIpc) is 2.25. The second kappa shape index (κ2) is 5.80. The molecule has 0 unspecified atom stereocenters. The van der Waals surface area contributed by atoms with Crippen molar-refractivity contribution in [3.05, 3.63) is 15.8 Å². The van der Waals surface area contributed by atoms with Crippen LogP contribution in [-0.2, 0) is 0 Å². The normalized spacial score (nSPS) is 12.1. The maximum Gasteiger partial charge on any atom is 0.332 e. The van der Waals surface area contributed by atoms with Gasteiger partial charge in [-0.05, 0) is 41.5 Å². The lowest BCUT2D eigenvalue weighted by atomic mass is 9.86. The minimum Gasteiger partial charge on any atom is -0.388 e.